The molecule has 29 heavy (non-hydrogen) atoms. The summed E-state index contributed by atoms with van der Waals surface area (Å²) in [7, 11) is 3.03. The van der Waals surface area contributed by atoms with Gasteiger partial charge in [-0.3, -0.25) is 4.40 Å². The van der Waals surface area contributed by atoms with Crippen LogP contribution in [0.2, 0.25) is 0 Å². The van der Waals surface area contributed by atoms with Gasteiger partial charge in [-0.05, 0) is 42.0 Å². The highest BCUT2D eigenvalue weighted by Gasteiger charge is 2.15. The molecule has 0 atom stereocenters. The van der Waals surface area contributed by atoms with Crippen LogP contribution in [0.5, 0.6) is 5.75 Å². The first-order valence-electron chi connectivity index (χ1n) is 9.22. The predicted octanol–water partition coefficient (Wildman–Crippen LogP) is 4.41. The second-order valence-corrected chi connectivity index (χ2v) is 6.51. The maximum Gasteiger partial charge on any atom is 0.337 e. The average Bonchev–Trinajstić information content (AvgIpc) is 3.16. The van der Waals surface area contributed by atoms with Crippen LogP contribution < -0.4 is 10.1 Å². The lowest BCUT2D eigenvalue weighted by atomic mass is 10.1. The number of aromatic nitrogens is 2. The number of rotatable bonds is 6. The van der Waals surface area contributed by atoms with Gasteiger partial charge in [-0.15, -0.1) is 0 Å². The Hall–Kier alpha value is -3.80. The van der Waals surface area contributed by atoms with Gasteiger partial charge >= 0.3 is 5.97 Å². The fourth-order valence-corrected chi connectivity index (χ4v) is 3.18. The summed E-state index contributed by atoms with van der Waals surface area (Å²) in [5, 5.41) is 3.51. The molecule has 146 valence electrons. The lowest BCUT2D eigenvalue weighted by Crippen LogP contribution is -2.04. The number of hydrogen-bond donors (Lipinski definition) is 1. The maximum atomic E-state index is 11.7. The van der Waals surface area contributed by atoms with Crippen LogP contribution in [0, 0.1) is 0 Å². The van der Waals surface area contributed by atoms with E-state index < -0.39 is 0 Å². The summed E-state index contributed by atoms with van der Waals surface area (Å²) in [6.45, 7) is 0.639. The van der Waals surface area contributed by atoms with Gasteiger partial charge < -0.3 is 14.8 Å². The van der Waals surface area contributed by atoms with Crippen LogP contribution in [0.4, 0.5) is 5.82 Å². The first-order chi connectivity index (χ1) is 14.2. The van der Waals surface area contributed by atoms with Crippen LogP contribution in [0.1, 0.15) is 15.9 Å². The van der Waals surface area contributed by atoms with Crippen LogP contribution in [-0.2, 0) is 11.3 Å². The van der Waals surface area contributed by atoms with E-state index in [1.165, 1.54) is 7.11 Å². The molecular formula is C23H21N3O3. The molecule has 0 aliphatic heterocycles. The second kappa shape index (κ2) is 8.06. The summed E-state index contributed by atoms with van der Waals surface area (Å²) < 4.78 is 12.0. The molecule has 0 unspecified atom stereocenters. The number of carbonyl (C=O) groups excluding carboxylic acids is 1. The van der Waals surface area contributed by atoms with Gasteiger partial charge in [0.25, 0.3) is 0 Å². The first kappa shape index (κ1) is 18.6. The number of carbonyl (C=O) groups is 1. The van der Waals surface area contributed by atoms with Crippen molar-refractivity contribution in [2.45, 2.75) is 6.54 Å². The van der Waals surface area contributed by atoms with E-state index in [4.69, 9.17) is 14.5 Å². The molecule has 0 bridgehead atoms. The summed E-state index contributed by atoms with van der Waals surface area (Å²) in [6, 6.07) is 21.1. The Kier molecular flexibility index (Phi) is 5.16. The van der Waals surface area contributed by atoms with E-state index in [9.17, 15) is 4.79 Å². The van der Waals surface area contributed by atoms with Gasteiger partial charge in [-0.1, -0.05) is 30.3 Å². The van der Waals surface area contributed by atoms with E-state index in [1.807, 2.05) is 65.2 Å². The van der Waals surface area contributed by atoms with Crippen LogP contribution in [0.15, 0.2) is 72.9 Å². The minimum atomic E-state index is -0.357. The zero-order valence-corrected chi connectivity index (χ0v) is 16.3. The van der Waals surface area contributed by atoms with Crippen molar-refractivity contribution in [3.05, 3.63) is 84.1 Å². The summed E-state index contributed by atoms with van der Waals surface area (Å²) >= 11 is 0. The van der Waals surface area contributed by atoms with Gasteiger partial charge in [0.1, 0.15) is 22.9 Å². The molecule has 0 fully saturated rings. The van der Waals surface area contributed by atoms with Crippen molar-refractivity contribution in [3.63, 3.8) is 0 Å². The zero-order valence-electron chi connectivity index (χ0n) is 16.3. The molecule has 6 nitrogen and oxygen atoms in total. The zero-order chi connectivity index (χ0) is 20.2. The van der Waals surface area contributed by atoms with Crippen molar-refractivity contribution in [3.8, 4) is 17.0 Å². The summed E-state index contributed by atoms with van der Waals surface area (Å²) in [6.07, 6.45) is 1.98. The number of hydrogen-bond acceptors (Lipinski definition) is 5. The van der Waals surface area contributed by atoms with Crippen molar-refractivity contribution in [1.82, 2.24) is 9.38 Å². The van der Waals surface area contributed by atoms with Crippen molar-refractivity contribution in [2.75, 3.05) is 19.5 Å². The monoisotopic (exact) mass is 387 g/mol. The Bertz CT molecular complexity index is 1130. The molecule has 2 aromatic heterocycles. The third-order valence-corrected chi connectivity index (χ3v) is 4.73. The average molecular weight is 387 g/mol. The van der Waals surface area contributed by atoms with Crippen LogP contribution >= 0.6 is 0 Å². The first-order valence-corrected chi connectivity index (χ1v) is 9.22. The third kappa shape index (κ3) is 3.78. The van der Waals surface area contributed by atoms with E-state index in [0.717, 1.165) is 34.0 Å². The third-order valence-electron chi connectivity index (χ3n) is 4.73. The Balaban J connectivity index is 1.67. The maximum absolute atomic E-state index is 11.7. The number of nitrogens with one attached hydrogen (secondary N) is 1. The minimum Gasteiger partial charge on any atom is -0.497 e. The van der Waals surface area contributed by atoms with Crippen LogP contribution in [0.25, 0.3) is 16.9 Å². The molecule has 0 amide bonds. The number of nitrogens with zero attached hydrogens (tertiary/aromatic N) is 2. The Morgan fingerprint density at radius 2 is 1.76 bits per heavy atom. The summed E-state index contributed by atoms with van der Waals surface area (Å²) in [5.74, 6) is 1.36. The van der Waals surface area contributed by atoms with E-state index in [0.29, 0.717) is 12.1 Å². The highest BCUT2D eigenvalue weighted by molar-refractivity contribution is 5.90. The SMILES string of the molecule is COC(=O)c1ccc(-c2nc3ccccn3c2NCc2ccc(OC)cc2)cc1. The van der Waals surface area contributed by atoms with Crippen molar-refractivity contribution < 1.29 is 14.3 Å². The van der Waals surface area contributed by atoms with Gasteiger partial charge in [-0.2, -0.15) is 0 Å². The van der Waals surface area contributed by atoms with Gasteiger partial charge in [-0.25, -0.2) is 9.78 Å². The fourth-order valence-electron chi connectivity index (χ4n) is 3.18. The molecule has 4 aromatic rings. The number of imidazole rings is 1. The molecule has 0 aliphatic rings. The van der Waals surface area contributed by atoms with Gasteiger partial charge in [0.05, 0.1) is 19.8 Å². The standard InChI is InChI=1S/C23H21N3O3/c1-28-19-12-6-16(7-13-19)15-24-22-21(25-20-5-3-4-14-26(20)22)17-8-10-18(11-9-17)23(27)29-2/h3-14,24H,15H2,1-2H3. The van der Waals surface area contributed by atoms with Gasteiger partial charge in [0.15, 0.2) is 0 Å². The Morgan fingerprint density at radius 1 is 1.00 bits per heavy atom. The minimum absolute atomic E-state index is 0.357. The largest absolute Gasteiger partial charge is 0.497 e. The highest BCUT2D eigenvalue weighted by atomic mass is 16.5. The number of anilines is 1. The number of fused-ring (bicyclic) bond motifs is 1. The molecule has 0 spiro atoms. The summed E-state index contributed by atoms with van der Waals surface area (Å²) in [4.78, 5) is 16.5. The highest BCUT2D eigenvalue weighted by Crippen LogP contribution is 2.29. The number of esters is 1. The smallest absolute Gasteiger partial charge is 0.337 e. The number of benzene rings is 2. The van der Waals surface area contributed by atoms with Crippen molar-refractivity contribution in [1.29, 1.82) is 0 Å². The number of ether oxygens (including phenoxy) is 2. The fraction of sp³-hybridized carbons (Fsp3) is 0.130. The van der Waals surface area contributed by atoms with Crippen LogP contribution in [0.3, 0.4) is 0 Å². The van der Waals surface area contributed by atoms with Gasteiger partial charge in [0.2, 0.25) is 0 Å². The molecule has 0 saturated heterocycles. The number of methoxy groups -OCH3 is 2. The van der Waals surface area contributed by atoms with E-state index >= 15 is 0 Å². The molecule has 6 heteroatoms. The molecule has 2 heterocycles. The molecule has 0 aliphatic carbocycles. The molecule has 1 N–H and O–H groups in total. The molecular weight excluding hydrogens is 366 g/mol. The Morgan fingerprint density at radius 3 is 2.45 bits per heavy atom. The van der Waals surface area contributed by atoms with Gasteiger partial charge in [0, 0.05) is 18.3 Å². The molecule has 4 rings (SSSR count). The molecule has 0 radical (unpaired) electrons. The molecule has 2 aromatic carbocycles. The van der Waals surface area contributed by atoms with E-state index in [1.54, 1.807) is 19.2 Å². The summed E-state index contributed by atoms with van der Waals surface area (Å²) in [5.41, 5.74) is 4.22. The predicted molar refractivity (Wildman–Crippen MR) is 112 cm³/mol. The van der Waals surface area contributed by atoms with Crippen LogP contribution in [-0.4, -0.2) is 29.6 Å². The lowest BCUT2D eigenvalue weighted by molar-refractivity contribution is 0.0601. The van der Waals surface area contributed by atoms with E-state index in [2.05, 4.69) is 5.32 Å². The van der Waals surface area contributed by atoms with Crippen molar-refractivity contribution in [2.24, 2.45) is 0 Å². The van der Waals surface area contributed by atoms with Crippen molar-refractivity contribution >= 4 is 17.4 Å². The van der Waals surface area contributed by atoms with E-state index in [-0.39, 0.29) is 5.97 Å². The Labute approximate surface area is 168 Å². The topological polar surface area (TPSA) is 64.9 Å². The molecule has 0 saturated carbocycles. The lowest BCUT2D eigenvalue weighted by Gasteiger charge is -2.10. The quantitative estimate of drug-likeness (QED) is 0.497. The number of pyridine rings is 1. The normalized spacial score (nSPS) is 10.7. The second-order valence-electron chi connectivity index (χ2n) is 6.51.